The molecule has 0 fully saturated rings. The Kier molecular flexibility index (Phi) is 3.52. The van der Waals surface area contributed by atoms with Crippen molar-refractivity contribution < 1.29 is 13.2 Å². The molecule has 1 aromatic heterocycles. The Hall–Kier alpha value is -1.62. The van der Waals surface area contributed by atoms with Crippen molar-refractivity contribution in [3.05, 3.63) is 42.1 Å². The predicted molar refractivity (Wildman–Crippen MR) is 64.1 cm³/mol. The Morgan fingerprint density at radius 2 is 1.83 bits per heavy atom. The molecule has 0 saturated carbocycles. The third kappa shape index (κ3) is 3.43. The van der Waals surface area contributed by atoms with Crippen molar-refractivity contribution >= 4 is 10.9 Å². The van der Waals surface area contributed by atoms with E-state index in [1.165, 1.54) is 0 Å². The first-order valence-corrected chi connectivity index (χ1v) is 5.61. The molecule has 1 heterocycles. The first-order chi connectivity index (χ1) is 8.44. The number of hydrogen-bond acceptors (Lipinski definition) is 2. The summed E-state index contributed by atoms with van der Waals surface area (Å²) in [6, 6.07) is 10.1. The zero-order valence-electron chi connectivity index (χ0n) is 9.61. The molecule has 1 unspecified atom stereocenters. The van der Waals surface area contributed by atoms with Crippen LogP contribution < -0.4 is 5.73 Å². The maximum absolute atomic E-state index is 12.2. The molecule has 0 aliphatic rings. The number of nitrogens with two attached hydrogens (primary N) is 1. The summed E-state index contributed by atoms with van der Waals surface area (Å²) in [6.45, 7) is 0. The molecule has 1 atom stereocenters. The number of aromatic nitrogens is 1. The third-order valence-corrected chi connectivity index (χ3v) is 2.62. The maximum Gasteiger partial charge on any atom is 0.390 e. The molecular weight excluding hydrogens is 241 g/mol. The summed E-state index contributed by atoms with van der Waals surface area (Å²) >= 11 is 0. The van der Waals surface area contributed by atoms with Crippen LogP contribution in [0.1, 0.15) is 12.1 Å². The van der Waals surface area contributed by atoms with Gasteiger partial charge in [-0.15, -0.1) is 0 Å². The SMILES string of the molecule is NC(Cc1ccc2ccccc2n1)CC(F)(F)F. The van der Waals surface area contributed by atoms with Crippen molar-refractivity contribution in [2.75, 3.05) is 0 Å². The highest BCUT2D eigenvalue weighted by Crippen LogP contribution is 2.22. The Balaban J connectivity index is 2.12. The first kappa shape index (κ1) is 12.8. The monoisotopic (exact) mass is 254 g/mol. The van der Waals surface area contributed by atoms with Crippen molar-refractivity contribution in [2.45, 2.75) is 25.1 Å². The second kappa shape index (κ2) is 4.94. The highest BCUT2D eigenvalue weighted by molar-refractivity contribution is 5.78. The number of fused-ring (bicyclic) bond motifs is 1. The molecule has 1 aromatic carbocycles. The van der Waals surface area contributed by atoms with Crippen LogP contribution in [0, 0.1) is 0 Å². The number of hydrogen-bond donors (Lipinski definition) is 1. The minimum Gasteiger partial charge on any atom is -0.327 e. The van der Waals surface area contributed by atoms with E-state index in [1.807, 2.05) is 30.3 Å². The second-order valence-corrected chi connectivity index (χ2v) is 4.28. The number of rotatable bonds is 3. The van der Waals surface area contributed by atoms with Crippen molar-refractivity contribution in [3.63, 3.8) is 0 Å². The van der Waals surface area contributed by atoms with Crippen molar-refractivity contribution in [1.29, 1.82) is 0 Å². The molecule has 2 nitrogen and oxygen atoms in total. The smallest absolute Gasteiger partial charge is 0.327 e. The van der Waals surface area contributed by atoms with Gasteiger partial charge in [-0.25, -0.2) is 0 Å². The third-order valence-electron chi connectivity index (χ3n) is 2.62. The molecule has 18 heavy (non-hydrogen) atoms. The average molecular weight is 254 g/mol. The number of benzene rings is 1. The largest absolute Gasteiger partial charge is 0.390 e. The summed E-state index contributed by atoms with van der Waals surface area (Å²) in [7, 11) is 0. The van der Waals surface area contributed by atoms with Gasteiger partial charge in [-0.2, -0.15) is 13.2 Å². The topological polar surface area (TPSA) is 38.9 Å². The van der Waals surface area contributed by atoms with E-state index in [4.69, 9.17) is 5.73 Å². The minimum atomic E-state index is -4.23. The minimum absolute atomic E-state index is 0.129. The van der Waals surface area contributed by atoms with Gasteiger partial charge in [-0.05, 0) is 12.1 Å². The van der Waals surface area contributed by atoms with Gasteiger partial charge in [0, 0.05) is 23.5 Å². The zero-order chi connectivity index (χ0) is 13.2. The molecule has 0 saturated heterocycles. The fourth-order valence-corrected chi connectivity index (χ4v) is 1.86. The molecule has 2 aromatic rings. The standard InChI is InChI=1S/C13H13F3N2/c14-13(15,16)8-10(17)7-11-6-5-9-3-1-2-4-12(9)18-11/h1-6,10H,7-8,17H2. The molecule has 5 heteroatoms. The number of nitrogens with zero attached hydrogens (tertiary/aromatic N) is 1. The molecule has 2 N–H and O–H groups in total. The molecular formula is C13H13F3N2. The van der Waals surface area contributed by atoms with Gasteiger partial charge in [0.1, 0.15) is 0 Å². The molecule has 0 aliphatic heterocycles. The number of halogens is 3. The van der Waals surface area contributed by atoms with Gasteiger partial charge in [0.25, 0.3) is 0 Å². The summed E-state index contributed by atoms with van der Waals surface area (Å²) in [5.74, 6) is 0. The van der Waals surface area contributed by atoms with Crippen molar-refractivity contribution in [1.82, 2.24) is 4.98 Å². The zero-order valence-corrected chi connectivity index (χ0v) is 9.61. The van der Waals surface area contributed by atoms with Crippen LogP contribution in [-0.4, -0.2) is 17.2 Å². The van der Waals surface area contributed by atoms with Gasteiger partial charge in [0.15, 0.2) is 0 Å². The van der Waals surface area contributed by atoms with Crippen LogP contribution in [0.3, 0.4) is 0 Å². The van der Waals surface area contributed by atoms with Crippen LogP contribution in [0.15, 0.2) is 36.4 Å². The molecule has 96 valence electrons. The van der Waals surface area contributed by atoms with Gasteiger partial charge in [-0.1, -0.05) is 24.3 Å². The van der Waals surface area contributed by atoms with E-state index in [0.29, 0.717) is 5.69 Å². The normalized spacial score (nSPS) is 13.8. The highest BCUT2D eigenvalue weighted by Gasteiger charge is 2.30. The van der Waals surface area contributed by atoms with Crippen molar-refractivity contribution in [3.8, 4) is 0 Å². The molecule has 0 amide bonds. The molecule has 0 radical (unpaired) electrons. The molecule has 2 rings (SSSR count). The lowest BCUT2D eigenvalue weighted by molar-refractivity contribution is -0.138. The van der Waals surface area contributed by atoms with E-state index in [1.54, 1.807) is 6.07 Å². The van der Waals surface area contributed by atoms with E-state index in [-0.39, 0.29) is 6.42 Å². The molecule has 0 spiro atoms. The Morgan fingerprint density at radius 1 is 1.11 bits per heavy atom. The molecule has 0 aliphatic carbocycles. The number of para-hydroxylation sites is 1. The molecule has 0 bridgehead atoms. The van der Waals surface area contributed by atoms with E-state index >= 15 is 0 Å². The quantitative estimate of drug-likeness (QED) is 0.914. The van der Waals surface area contributed by atoms with Gasteiger partial charge in [0.2, 0.25) is 0 Å². The summed E-state index contributed by atoms with van der Waals surface area (Å²) in [6.07, 6.45) is -5.08. The first-order valence-electron chi connectivity index (χ1n) is 5.61. The van der Waals surface area contributed by atoms with Gasteiger partial charge in [0.05, 0.1) is 11.9 Å². The summed E-state index contributed by atoms with van der Waals surface area (Å²) < 4.78 is 36.5. The summed E-state index contributed by atoms with van der Waals surface area (Å²) in [4.78, 5) is 4.30. The van der Waals surface area contributed by atoms with Crippen LogP contribution >= 0.6 is 0 Å². The lowest BCUT2D eigenvalue weighted by Crippen LogP contribution is -2.29. The van der Waals surface area contributed by atoms with Crippen LogP contribution in [0.25, 0.3) is 10.9 Å². The van der Waals surface area contributed by atoms with Crippen molar-refractivity contribution in [2.24, 2.45) is 5.73 Å². The Bertz CT molecular complexity index is 537. The van der Waals surface area contributed by atoms with Crippen LogP contribution in [0.5, 0.6) is 0 Å². The Labute approximate surface area is 103 Å². The van der Waals surface area contributed by atoms with Gasteiger partial charge < -0.3 is 5.73 Å². The fraction of sp³-hybridized carbons (Fsp3) is 0.308. The fourth-order valence-electron chi connectivity index (χ4n) is 1.86. The average Bonchev–Trinajstić information content (AvgIpc) is 2.26. The van der Waals surface area contributed by atoms with E-state index < -0.39 is 18.6 Å². The lowest BCUT2D eigenvalue weighted by Gasteiger charge is -2.13. The van der Waals surface area contributed by atoms with E-state index in [2.05, 4.69) is 4.98 Å². The van der Waals surface area contributed by atoms with Gasteiger partial charge in [-0.3, -0.25) is 4.98 Å². The Morgan fingerprint density at radius 3 is 2.56 bits per heavy atom. The highest BCUT2D eigenvalue weighted by atomic mass is 19.4. The summed E-state index contributed by atoms with van der Waals surface area (Å²) in [5, 5.41) is 0.964. The van der Waals surface area contributed by atoms with E-state index in [0.717, 1.165) is 10.9 Å². The van der Waals surface area contributed by atoms with Crippen LogP contribution in [0.4, 0.5) is 13.2 Å². The summed E-state index contributed by atoms with van der Waals surface area (Å²) in [5.41, 5.74) is 6.84. The lowest BCUT2D eigenvalue weighted by atomic mass is 10.1. The maximum atomic E-state index is 12.2. The second-order valence-electron chi connectivity index (χ2n) is 4.28. The number of alkyl halides is 3. The van der Waals surface area contributed by atoms with E-state index in [9.17, 15) is 13.2 Å². The van der Waals surface area contributed by atoms with Crippen LogP contribution in [0.2, 0.25) is 0 Å². The number of pyridine rings is 1. The van der Waals surface area contributed by atoms with Crippen LogP contribution in [-0.2, 0) is 6.42 Å². The predicted octanol–water partition coefficient (Wildman–Crippen LogP) is 3.06. The van der Waals surface area contributed by atoms with Gasteiger partial charge >= 0.3 is 6.18 Å².